The molecule has 0 saturated carbocycles. The Kier molecular flexibility index (Phi) is 4.62. The van der Waals surface area contributed by atoms with Crippen LogP contribution in [0.3, 0.4) is 0 Å². The molecule has 0 aliphatic rings. The van der Waals surface area contributed by atoms with Gasteiger partial charge in [-0.2, -0.15) is 0 Å². The van der Waals surface area contributed by atoms with Crippen LogP contribution in [0.4, 0.5) is 0 Å². The number of amides is 1. The minimum absolute atomic E-state index is 0.0492. The maximum absolute atomic E-state index is 12.4. The van der Waals surface area contributed by atoms with Crippen molar-refractivity contribution >= 4 is 22.8 Å². The summed E-state index contributed by atoms with van der Waals surface area (Å²) in [5.41, 5.74) is 0.751. The van der Waals surface area contributed by atoms with Crippen LogP contribution in [-0.4, -0.2) is 35.0 Å². The van der Waals surface area contributed by atoms with Crippen LogP contribution in [-0.2, 0) is 9.59 Å². The first kappa shape index (κ1) is 15.1. The number of furan rings is 1. The first-order valence-electron chi connectivity index (χ1n) is 7.02. The van der Waals surface area contributed by atoms with Crippen LogP contribution in [0.1, 0.15) is 31.9 Å². The molecule has 1 heterocycles. The largest absolute Gasteiger partial charge is 0.481 e. The molecule has 0 radical (unpaired) electrons. The van der Waals surface area contributed by atoms with E-state index in [4.69, 9.17) is 9.52 Å². The number of fused-ring (bicyclic) bond motifs is 1. The maximum atomic E-state index is 12.4. The molecule has 21 heavy (non-hydrogen) atoms. The van der Waals surface area contributed by atoms with Crippen LogP contribution in [0.25, 0.3) is 11.0 Å². The first-order chi connectivity index (χ1) is 10.0. The van der Waals surface area contributed by atoms with E-state index in [9.17, 15) is 9.59 Å². The summed E-state index contributed by atoms with van der Waals surface area (Å²) >= 11 is 0. The highest BCUT2D eigenvalue weighted by Gasteiger charge is 2.24. The number of carboxylic acids is 1. The van der Waals surface area contributed by atoms with Crippen molar-refractivity contribution in [1.82, 2.24) is 4.90 Å². The Balaban J connectivity index is 2.14. The average Bonchev–Trinajstić information content (AvgIpc) is 2.90. The van der Waals surface area contributed by atoms with Gasteiger partial charge in [-0.25, -0.2) is 0 Å². The molecule has 1 atom stereocenters. The monoisotopic (exact) mass is 289 g/mol. The second-order valence-electron chi connectivity index (χ2n) is 4.97. The summed E-state index contributed by atoms with van der Waals surface area (Å²) in [6, 6.07) is 9.45. The molecule has 5 heteroatoms. The van der Waals surface area contributed by atoms with Crippen LogP contribution >= 0.6 is 0 Å². The van der Waals surface area contributed by atoms with Gasteiger partial charge in [-0.1, -0.05) is 18.2 Å². The summed E-state index contributed by atoms with van der Waals surface area (Å²) in [6.45, 7) is 4.32. The van der Waals surface area contributed by atoms with E-state index in [0.717, 1.165) is 11.0 Å². The van der Waals surface area contributed by atoms with Gasteiger partial charge in [0.05, 0.1) is 12.3 Å². The third kappa shape index (κ3) is 3.42. The zero-order valence-electron chi connectivity index (χ0n) is 12.2. The van der Waals surface area contributed by atoms with Gasteiger partial charge in [0, 0.05) is 18.5 Å². The summed E-state index contributed by atoms with van der Waals surface area (Å²) in [6.07, 6.45) is -0.0492. The van der Waals surface area contributed by atoms with Crippen LogP contribution in [0, 0.1) is 0 Å². The second kappa shape index (κ2) is 6.43. The zero-order chi connectivity index (χ0) is 15.4. The fourth-order valence-electron chi connectivity index (χ4n) is 2.27. The van der Waals surface area contributed by atoms with Gasteiger partial charge in [0.1, 0.15) is 11.3 Å². The molecule has 0 fully saturated rings. The lowest BCUT2D eigenvalue weighted by Gasteiger charge is -2.22. The predicted octanol–water partition coefficient (Wildman–Crippen LogP) is 2.86. The number of carbonyl (C=O) groups is 2. The molecule has 0 spiro atoms. The third-order valence-corrected chi connectivity index (χ3v) is 3.53. The van der Waals surface area contributed by atoms with Crippen molar-refractivity contribution in [2.45, 2.75) is 26.2 Å². The van der Waals surface area contributed by atoms with Gasteiger partial charge >= 0.3 is 5.97 Å². The van der Waals surface area contributed by atoms with E-state index in [1.54, 1.807) is 11.8 Å². The number of aliphatic carboxylic acids is 1. The quantitative estimate of drug-likeness (QED) is 0.887. The van der Waals surface area contributed by atoms with E-state index >= 15 is 0 Å². The highest BCUT2D eigenvalue weighted by molar-refractivity contribution is 5.85. The van der Waals surface area contributed by atoms with Crippen molar-refractivity contribution in [3.63, 3.8) is 0 Å². The molecule has 1 aromatic heterocycles. The van der Waals surface area contributed by atoms with Gasteiger partial charge in [0.25, 0.3) is 0 Å². The van der Waals surface area contributed by atoms with Crippen molar-refractivity contribution in [3.8, 4) is 0 Å². The number of benzene rings is 1. The zero-order valence-corrected chi connectivity index (χ0v) is 12.2. The molecule has 2 aromatic rings. The summed E-state index contributed by atoms with van der Waals surface area (Å²) in [5, 5.41) is 9.69. The molecule has 0 bridgehead atoms. The number of likely N-dealkylation sites (N-methyl/N-ethyl adjacent to an activating group) is 1. The third-order valence-electron chi connectivity index (χ3n) is 3.53. The number of carboxylic acid groups (broad SMARTS) is 1. The Bertz CT molecular complexity index is 614. The standard InChI is InChI=1S/C16H19NO4/c1-3-17(9-8-15(18)19)16(20)11(2)14-10-12-6-4-5-7-13(12)21-14/h4-7,10-11H,3,8-9H2,1-2H3,(H,18,19). The minimum atomic E-state index is -0.905. The predicted molar refractivity (Wildman–Crippen MR) is 79.1 cm³/mol. The van der Waals surface area contributed by atoms with Crippen LogP contribution in [0.5, 0.6) is 0 Å². The maximum Gasteiger partial charge on any atom is 0.305 e. The van der Waals surface area contributed by atoms with Crippen molar-refractivity contribution in [3.05, 3.63) is 36.1 Å². The normalized spacial score (nSPS) is 12.3. The highest BCUT2D eigenvalue weighted by atomic mass is 16.4. The van der Waals surface area contributed by atoms with Gasteiger partial charge < -0.3 is 14.4 Å². The van der Waals surface area contributed by atoms with E-state index < -0.39 is 11.9 Å². The molecular weight excluding hydrogens is 270 g/mol. The van der Waals surface area contributed by atoms with Crippen molar-refractivity contribution in [2.75, 3.05) is 13.1 Å². The minimum Gasteiger partial charge on any atom is -0.481 e. The number of nitrogens with zero attached hydrogens (tertiary/aromatic N) is 1. The van der Waals surface area contributed by atoms with E-state index in [-0.39, 0.29) is 18.9 Å². The van der Waals surface area contributed by atoms with E-state index in [2.05, 4.69) is 0 Å². The van der Waals surface area contributed by atoms with Crippen molar-refractivity contribution in [2.24, 2.45) is 0 Å². The van der Waals surface area contributed by atoms with Crippen molar-refractivity contribution < 1.29 is 19.1 Å². The average molecular weight is 289 g/mol. The molecule has 112 valence electrons. The molecule has 1 N–H and O–H groups in total. The van der Waals surface area contributed by atoms with E-state index in [1.165, 1.54) is 0 Å². The smallest absolute Gasteiger partial charge is 0.305 e. The number of hydrogen-bond acceptors (Lipinski definition) is 3. The van der Waals surface area contributed by atoms with Gasteiger partial charge in [0.2, 0.25) is 5.91 Å². The molecule has 2 rings (SSSR count). The Morgan fingerprint density at radius 2 is 2.05 bits per heavy atom. The molecule has 0 aliphatic carbocycles. The lowest BCUT2D eigenvalue weighted by Crippen LogP contribution is -2.35. The highest BCUT2D eigenvalue weighted by Crippen LogP contribution is 2.26. The molecule has 0 saturated heterocycles. The molecule has 1 unspecified atom stereocenters. The number of rotatable bonds is 6. The first-order valence-corrected chi connectivity index (χ1v) is 7.02. The van der Waals surface area contributed by atoms with Gasteiger partial charge in [-0.3, -0.25) is 9.59 Å². The van der Waals surface area contributed by atoms with Crippen LogP contribution < -0.4 is 0 Å². The van der Waals surface area contributed by atoms with Crippen LogP contribution in [0.15, 0.2) is 34.7 Å². The second-order valence-corrected chi connectivity index (χ2v) is 4.97. The summed E-state index contributed by atoms with van der Waals surface area (Å²) in [7, 11) is 0. The molecule has 0 aliphatic heterocycles. The Labute approximate surface area is 123 Å². The fourth-order valence-corrected chi connectivity index (χ4v) is 2.27. The SMILES string of the molecule is CCN(CCC(=O)O)C(=O)C(C)c1cc2ccccc2o1. The van der Waals surface area contributed by atoms with Gasteiger partial charge in [0.15, 0.2) is 0 Å². The Morgan fingerprint density at radius 3 is 2.67 bits per heavy atom. The van der Waals surface area contributed by atoms with Gasteiger partial charge in [-0.15, -0.1) is 0 Å². The Morgan fingerprint density at radius 1 is 1.33 bits per heavy atom. The number of para-hydroxylation sites is 1. The number of hydrogen-bond donors (Lipinski definition) is 1. The van der Waals surface area contributed by atoms with Crippen LogP contribution in [0.2, 0.25) is 0 Å². The summed E-state index contributed by atoms with van der Waals surface area (Å²) in [4.78, 5) is 24.6. The number of carbonyl (C=O) groups excluding carboxylic acids is 1. The van der Waals surface area contributed by atoms with E-state index in [0.29, 0.717) is 12.3 Å². The summed E-state index contributed by atoms with van der Waals surface area (Å²) in [5.74, 6) is -0.837. The molecule has 1 aromatic carbocycles. The fraction of sp³-hybridized carbons (Fsp3) is 0.375. The van der Waals surface area contributed by atoms with Gasteiger partial charge in [-0.05, 0) is 26.0 Å². The van der Waals surface area contributed by atoms with E-state index in [1.807, 2.05) is 37.3 Å². The van der Waals surface area contributed by atoms with Crippen molar-refractivity contribution in [1.29, 1.82) is 0 Å². The summed E-state index contributed by atoms with van der Waals surface area (Å²) < 4.78 is 5.71. The topological polar surface area (TPSA) is 70.8 Å². The lowest BCUT2D eigenvalue weighted by atomic mass is 10.1. The lowest BCUT2D eigenvalue weighted by molar-refractivity contribution is -0.138. The Hall–Kier alpha value is -2.30. The molecular formula is C16H19NO4. The molecule has 5 nitrogen and oxygen atoms in total. The molecule has 1 amide bonds.